The highest BCUT2D eigenvalue weighted by molar-refractivity contribution is 7.13. The molecule has 1 unspecified atom stereocenters. The van der Waals surface area contributed by atoms with Gasteiger partial charge in [0.25, 0.3) is 5.91 Å². The van der Waals surface area contributed by atoms with Gasteiger partial charge in [0.1, 0.15) is 22.5 Å². The fourth-order valence-electron chi connectivity index (χ4n) is 3.08. The number of ether oxygens (including phenoxy) is 2. The van der Waals surface area contributed by atoms with E-state index in [2.05, 4.69) is 17.2 Å². The molecule has 4 rings (SSSR count). The van der Waals surface area contributed by atoms with Crippen molar-refractivity contribution in [2.75, 3.05) is 6.61 Å². The summed E-state index contributed by atoms with van der Waals surface area (Å²) in [6, 6.07) is 4.04. The number of carbonyl (C=O) groups is 1. The number of nitrogens with one attached hydrogen (secondary N) is 1. The first-order valence-corrected chi connectivity index (χ1v) is 9.65. The van der Waals surface area contributed by atoms with E-state index in [9.17, 15) is 4.79 Å². The van der Waals surface area contributed by atoms with E-state index in [1.54, 1.807) is 6.20 Å². The summed E-state index contributed by atoms with van der Waals surface area (Å²) in [5, 5.41) is 4.07. The van der Waals surface area contributed by atoms with Crippen molar-refractivity contribution < 1.29 is 14.3 Å². The maximum Gasteiger partial charge on any atom is 0.263 e. The first-order valence-electron chi connectivity index (χ1n) is 8.83. The number of hydrogen-bond acceptors (Lipinski definition) is 5. The molecular formula is C19H22N2O3S. The summed E-state index contributed by atoms with van der Waals surface area (Å²) in [6.45, 7) is 5.03. The van der Waals surface area contributed by atoms with Crippen LogP contribution < -0.4 is 14.8 Å². The molecule has 2 aromatic rings. The van der Waals surface area contributed by atoms with Crippen molar-refractivity contribution in [1.82, 2.24) is 10.3 Å². The van der Waals surface area contributed by atoms with Crippen LogP contribution in [0.15, 0.2) is 18.3 Å². The lowest BCUT2D eigenvalue weighted by atomic mass is 10.1. The normalized spacial score (nSPS) is 18.6. The number of amides is 1. The minimum absolute atomic E-state index is 0.0818. The Morgan fingerprint density at radius 2 is 2.28 bits per heavy atom. The van der Waals surface area contributed by atoms with Crippen LogP contribution in [0.5, 0.6) is 11.5 Å². The number of benzene rings is 1. The molecule has 6 heteroatoms. The highest BCUT2D eigenvalue weighted by Crippen LogP contribution is 2.41. The number of hydrogen-bond donors (Lipinski definition) is 1. The number of carbonyl (C=O) groups excluding carboxylic acids is 1. The second kappa shape index (κ2) is 6.67. The van der Waals surface area contributed by atoms with Gasteiger partial charge in [0.15, 0.2) is 0 Å². The van der Waals surface area contributed by atoms with E-state index < -0.39 is 0 Å². The maximum atomic E-state index is 12.4. The predicted molar refractivity (Wildman–Crippen MR) is 96.7 cm³/mol. The quantitative estimate of drug-likeness (QED) is 0.856. The molecule has 5 nitrogen and oxygen atoms in total. The van der Waals surface area contributed by atoms with Crippen LogP contribution in [0, 0.1) is 0 Å². The van der Waals surface area contributed by atoms with Crippen LogP contribution >= 0.6 is 11.3 Å². The Hall–Kier alpha value is -2.08. The molecule has 1 amide bonds. The molecule has 2 heterocycles. The standard InChI is InChI=1S/C19H22N2O3S/c1-3-23-15-7-13-6-11(2)24-16(13)8-14(15)9-20-18(22)17-10-21-19(25-17)12-4-5-12/h7-8,10-12H,3-6,9H2,1-2H3,(H,20,22). The van der Waals surface area contributed by atoms with Gasteiger partial charge in [0, 0.05) is 30.0 Å². The molecule has 0 radical (unpaired) electrons. The lowest BCUT2D eigenvalue weighted by Gasteiger charge is -2.13. The summed E-state index contributed by atoms with van der Waals surface area (Å²) < 4.78 is 11.6. The molecule has 1 aromatic heterocycles. The first kappa shape index (κ1) is 16.4. The Morgan fingerprint density at radius 1 is 1.44 bits per heavy atom. The summed E-state index contributed by atoms with van der Waals surface area (Å²) >= 11 is 1.50. The fraction of sp³-hybridized carbons (Fsp3) is 0.474. The maximum absolute atomic E-state index is 12.4. The molecule has 1 N–H and O–H groups in total. The van der Waals surface area contributed by atoms with Gasteiger partial charge in [-0.1, -0.05) is 0 Å². The zero-order valence-corrected chi connectivity index (χ0v) is 15.3. The monoisotopic (exact) mass is 358 g/mol. The van der Waals surface area contributed by atoms with Gasteiger partial charge in [0.2, 0.25) is 0 Å². The number of thiazole rings is 1. The third-order valence-corrected chi connectivity index (χ3v) is 5.65. The number of aromatic nitrogens is 1. The molecule has 0 bridgehead atoms. The lowest BCUT2D eigenvalue weighted by molar-refractivity contribution is 0.0954. The molecule has 1 aliphatic carbocycles. The van der Waals surface area contributed by atoms with Gasteiger partial charge >= 0.3 is 0 Å². The Bertz CT molecular complexity index is 798. The van der Waals surface area contributed by atoms with Gasteiger partial charge in [-0.05, 0) is 38.8 Å². The van der Waals surface area contributed by atoms with Crippen LogP contribution in [0.4, 0.5) is 0 Å². The van der Waals surface area contributed by atoms with Gasteiger partial charge in [-0.3, -0.25) is 4.79 Å². The first-order chi connectivity index (χ1) is 12.1. The highest BCUT2D eigenvalue weighted by atomic mass is 32.1. The Labute approximate surface area is 151 Å². The van der Waals surface area contributed by atoms with E-state index in [-0.39, 0.29) is 12.0 Å². The molecule has 1 saturated carbocycles. The van der Waals surface area contributed by atoms with Gasteiger partial charge in [-0.15, -0.1) is 11.3 Å². The average molecular weight is 358 g/mol. The zero-order chi connectivity index (χ0) is 17.4. The summed E-state index contributed by atoms with van der Waals surface area (Å²) in [6.07, 6.45) is 5.16. The number of rotatable bonds is 6. The third kappa shape index (κ3) is 3.49. The molecule has 25 heavy (non-hydrogen) atoms. The van der Waals surface area contributed by atoms with Crippen LogP contribution in [-0.4, -0.2) is 23.6 Å². The molecule has 1 fully saturated rings. The lowest BCUT2D eigenvalue weighted by Crippen LogP contribution is -2.22. The second-order valence-electron chi connectivity index (χ2n) is 6.65. The van der Waals surface area contributed by atoms with E-state index in [0.717, 1.165) is 28.5 Å². The SMILES string of the molecule is CCOc1cc2c(cc1CNC(=O)c1cnc(C3CC3)s1)OC(C)C2. The number of fused-ring (bicyclic) bond motifs is 1. The van der Waals surface area contributed by atoms with Crippen molar-refractivity contribution in [3.63, 3.8) is 0 Å². The summed E-state index contributed by atoms with van der Waals surface area (Å²) in [4.78, 5) is 17.5. The predicted octanol–water partition coefficient (Wildman–Crippen LogP) is 3.67. The molecule has 1 aromatic carbocycles. The number of nitrogens with zero attached hydrogens (tertiary/aromatic N) is 1. The Balaban J connectivity index is 1.47. The van der Waals surface area contributed by atoms with Crippen molar-refractivity contribution in [2.45, 2.75) is 51.7 Å². The smallest absolute Gasteiger partial charge is 0.263 e. The van der Waals surface area contributed by atoms with E-state index >= 15 is 0 Å². The van der Waals surface area contributed by atoms with Gasteiger partial charge in [-0.2, -0.15) is 0 Å². The van der Waals surface area contributed by atoms with Gasteiger partial charge in [0.05, 0.1) is 17.8 Å². The largest absolute Gasteiger partial charge is 0.494 e. The van der Waals surface area contributed by atoms with Crippen molar-refractivity contribution in [1.29, 1.82) is 0 Å². The van der Waals surface area contributed by atoms with Crippen LogP contribution in [-0.2, 0) is 13.0 Å². The van der Waals surface area contributed by atoms with Gasteiger partial charge in [-0.25, -0.2) is 4.98 Å². The van der Waals surface area contributed by atoms with Crippen LogP contribution in [0.1, 0.15) is 58.4 Å². The second-order valence-corrected chi connectivity index (χ2v) is 7.72. The molecule has 0 spiro atoms. The van der Waals surface area contributed by atoms with Crippen molar-refractivity contribution in [3.8, 4) is 11.5 Å². The average Bonchev–Trinajstić information content (AvgIpc) is 3.20. The summed E-state index contributed by atoms with van der Waals surface area (Å²) in [5.41, 5.74) is 2.11. The van der Waals surface area contributed by atoms with E-state index in [1.165, 1.54) is 29.7 Å². The topological polar surface area (TPSA) is 60.5 Å². The summed E-state index contributed by atoms with van der Waals surface area (Å²) in [5.74, 6) is 2.21. The van der Waals surface area contributed by atoms with Crippen LogP contribution in [0.25, 0.3) is 0 Å². The Kier molecular flexibility index (Phi) is 4.37. The molecule has 1 aliphatic heterocycles. The summed E-state index contributed by atoms with van der Waals surface area (Å²) in [7, 11) is 0. The molecule has 2 aliphatic rings. The van der Waals surface area contributed by atoms with E-state index in [0.29, 0.717) is 23.9 Å². The third-order valence-electron chi connectivity index (χ3n) is 4.49. The Morgan fingerprint density at radius 3 is 3.04 bits per heavy atom. The minimum atomic E-state index is -0.0818. The van der Waals surface area contributed by atoms with Crippen molar-refractivity contribution in [2.24, 2.45) is 0 Å². The van der Waals surface area contributed by atoms with Crippen molar-refractivity contribution in [3.05, 3.63) is 39.3 Å². The van der Waals surface area contributed by atoms with E-state index in [1.807, 2.05) is 19.1 Å². The van der Waals surface area contributed by atoms with Gasteiger partial charge < -0.3 is 14.8 Å². The van der Waals surface area contributed by atoms with E-state index in [4.69, 9.17) is 9.47 Å². The zero-order valence-electron chi connectivity index (χ0n) is 14.5. The fourth-order valence-corrected chi connectivity index (χ4v) is 4.09. The molecule has 1 atom stereocenters. The minimum Gasteiger partial charge on any atom is -0.494 e. The molecule has 0 saturated heterocycles. The molecule has 132 valence electrons. The van der Waals surface area contributed by atoms with Crippen LogP contribution in [0.2, 0.25) is 0 Å². The molecular weight excluding hydrogens is 336 g/mol. The van der Waals surface area contributed by atoms with Crippen LogP contribution in [0.3, 0.4) is 0 Å². The van der Waals surface area contributed by atoms with Crippen molar-refractivity contribution >= 4 is 17.2 Å². The highest BCUT2D eigenvalue weighted by Gasteiger charge is 2.27.